The number of benzene rings is 2. The Morgan fingerprint density at radius 3 is 1.95 bits per heavy atom. The molecular weight excluding hydrogens is 785 g/mol. The number of hydrogen-bond donors (Lipinski definition) is 1. The molecule has 2 aromatic heterocycles. The van der Waals surface area contributed by atoms with Gasteiger partial charge in [-0.25, -0.2) is 36.6 Å². The predicted octanol–water partition coefficient (Wildman–Crippen LogP) is 10.2. The fraction of sp³-hybridized carbons (Fsp3) is 0.512. The van der Waals surface area contributed by atoms with Gasteiger partial charge >= 0.3 is 18.3 Å². The van der Waals surface area contributed by atoms with Gasteiger partial charge in [0, 0.05) is 29.4 Å². The molecule has 0 atom stereocenters. The second-order valence-electron chi connectivity index (χ2n) is 18.1. The molecule has 0 spiro atoms. The molecule has 1 N–H and O–H groups in total. The fourth-order valence-electron chi connectivity index (χ4n) is 6.90. The molecule has 1 aliphatic rings. The van der Waals surface area contributed by atoms with Gasteiger partial charge in [-0.2, -0.15) is 10.00 Å². The molecule has 1 aliphatic carbocycles. The zero-order valence-electron chi connectivity index (χ0n) is 35.6. The number of hydrogen-bond acceptors (Lipinski definition) is 10. The van der Waals surface area contributed by atoms with Gasteiger partial charge in [0.2, 0.25) is 0 Å². The average Bonchev–Trinajstić information content (AvgIpc) is 3.49. The van der Waals surface area contributed by atoms with E-state index in [0.717, 1.165) is 23.8 Å². The van der Waals surface area contributed by atoms with E-state index < -0.39 is 67.2 Å². The number of amides is 3. The Bertz CT molecular complexity index is 2310. The monoisotopic (exact) mass is 839 g/mol. The number of aromatic nitrogens is 3. The van der Waals surface area contributed by atoms with Gasteiger partial charge in [0.1, 0.15) is 39.0 Å². The van der Waals surface area contributed by atoms with Crippen molar-refractivity contribution in [2.75, 3.05) is 4.90 Å². The summed E-state index contributed by atoms with van der Waals surface area (Å²) in [5.41, 5.74) is -1.28. The molecule has 0 bridgehead atoms. The van der Waals surface area contributed by atoms with Gasteiger partial charge in [-0.15, -0.1) is 0 Å². The molecule has 2 aromatic carbocycles. The van der Waals surface area contributed by atoms with Crippen LogP contribution in [0.1, 0.15) is 125 Å². The number of imide groups is 1. The number of alkyl carbamates (subject to hydrolysis) is 1. The van der Waals surface area contributed by atoms with Crippen LogP contribution in [-0.4, -0.2) is 64.3 Å². The Kier molecular flexibility index (Phi) is 12.9. The van der Waals surface area contributed by atoms with Gasteiger partial charge in [0.15, 0.2) is 15.7 Å². The maximum absolute atomic E-state index is 16.1. The van der Waals surface area contributed by atoms with Crippen molar-refractivity contribution in [3.05, 3.63) is 71.4 Å². The van der Waals surface area contributed by atoms with E-state index in [2.05, 4.69) is 5.32 Å². The molecule has 0 unspecified atom stereocenters. The van der Waals surface area contributed by atoms with E-state index in [-0.39, 0.29) is 46.0 Å². The molecule has 1 saturated carbocycles. The highest BCUT2D eigenvalue weighted by Crippen LogP contribution is 2.44. The first-order chi connectivity index (χ1) is 27.2. The molecule has 3 amide bonds. The van der Waals surface area contributed by atoms with Crippen molar-refractivity contribution in [2.45, 2.75) is 147 Å². The molecular formula is C43H55F2N5O8S. The lowest BCUT2D eigenvalue weighted by Crippen LogP contribution is -2.44. The summed E-state index contributed by atoms with van der Waals surface area (Å²) in [6, 6.07) is 8.36. The van der Waals surface area contributed by atoms with Gasteiger partial charge in [-0.1, -0.05) is 24.3 Å². The van der Waals surface area contributed by atoms with Gasteiger partial charge < -0.3 is 19.5 Å². The van der Waals surface area contributed by atoms with Crippen LogP contribution in [0.4, 0.5) is 29.0 Å². The summed E-state index contributed by atoms with van der Waals surface area (Å²) in [7, 11) is -4.27. The fourth-order valence-corrected chi connectivity index (χ4v) is 8.35. The number of ether oxygens (including phenoxy) is 3. The van der Waals surface area contributed by atoms with Crippen LogP contribution in [-0.2, 0) is 29.8 Å². The first kappa shape index (κ1) is 45.0. The average molecular weight is 840 g/mol. The van der Waals surface area contributed by atoms with Crippen LogP contribution in [0, 0.1) is 11.6 Å². The van der Waals surface area contributed by atoms with Crippen LogP contribution in [0.2, 0.25) is 0 Å². The topological polar surface area (TPSA) is 159 Å². The number of carbonyl (C=O) groups excluding carboxylic acids is 3. The van der Waals surface area contributed by atoms with E-state index >= 15 is 4.39 Å². The molecule has 0 radical (unpaired) electrons. The van der Waals surface area contributed by atoms with E-state index in [9.17, 15) is 27.2 Å². The van der Waals surface area contributed by atoms with E-state index in [1.165, 1.54) is 24.3 Å². The van der Waals surface area contributed by atoms with Gasteiger partial charge in [0.05, 0.1) is 16.7 Å². The van der Waals surface area contributed by atoms with Crippen LogP contribution in [0.3, 0.4) is 0 Å². The zero-order valence-corrected chi connectivity index (χ0v) is 36.4. The highest BCUT2D eigenvalue weighted by atomic mass is 32.2. The van der Waals surface area contributed by atoms with E-state index in [1.54, 1.807) is 73.2 Å². The summed E-state index contributed by atoms with van der Waals surface area (Å²) < 4.78 is 75.6. The number of nitrogens with one attached hydrogen (secondary N) is 1. The van der Waals surface area contributed by atoms with Crippen molar-refractivity contribution in [2.24, 2.45) is 0 Å². The number of anilines is 1. The third kappa shape index (κ3) is 10.9. The van der Waals surface area contributed by atoms with Crippen LogP contribution in [0.5, 0.6) is 0 Å². The Morgan fingerprint density at radius 1 is 0.847 bits per heavy atom. The maximum atomic E-state index is 16.1. The number of sulfone groups is 1. The molecule has 5 rings (SSSR count). The SMILES string of the molecule is CC(C)n1nc(-c2ccc(CS(=O)(=O)c3ccccc3F)c(F)c2)c2c(N(C(=O)OC(C)(C)C)C(=O)OC(C)(C)C)ncc(C3CCC(NC(=O)OC(C)(C)C)CC3)c21. The summed E-state index contributed by atoms with van der Waals surface area (Å²) in [6.07, 6.45) is 1.50. The normalized spacial score (nSPS) is 16.5. The summed E-state index contributed by atoms with van der Waals surface area (Å²) in [5, 5.41) is 8.15. The Hall–Kier alpha value is -5.12. The first-order valence-corrected chi connectivity index (χ1v) is 21.3. The molecule has 320 valence electrons. The molecule has 59 heavy (non-hydrogen) atoms. The smallest absolute Gasteiger partial charge is 0.425 e. The minimum atomic E-state index is -4.27. The molecule has 16 heteroatoms. The van der Waals surface area contributed by atoms with Crippen molar-refractivity contribution in [3.8, 4) is 11.3 Å². The lowest BCUT2D eigenvalue weighted by molar-refractivity contribution is 0.0425. The van der Waals surface area contributed by atoms with E-state index in [0.29, 0.717) is 36.1 Å². The number of pyridine rings is 1. The van der Waals surface area contributed by atoms with E-state index in [4.69, 9.17) is 24.3 Å². The van der Waals surface area contributed by atoms with Gasteiger partial charge in [-0.05, 0) is 132 Å². The van der Waals surface area contributed by atoms with Gasteiger partial charge in [-0.3, -0.25) is 4.68 Å². The summed E-state index contributed by atoms with van der Waals surface area (Å²) in [6.45, 7) is 19.1. The molecule has 0 saturated heterocycles. The van der Waals surface area contributed by atoms with Crippen molar-refractivity contribution in [1.29, 1.82) is 0 Å². The Balaban J connectivity index is 1.68. The molecule has 13 nitrogen and oxygen atoms in total. The lowest BCUT2D eigenvalue weighted by Gasteiger charge is -2.31. The second-order valence-corrected chi connectivity index (χ2v) is 20.1. The van der Waals surface area contributed by atoms with Crippen LogP contribution >= 0.6 is 0 Å². The largest absolute Gasteiger partial charge is 0.444 e. The Labute approximate surface area is 344 Å². The van der Waals surface area contributed by atoms with E-state index in [1.807, 2.05) is 13.8 Å². The second kappa shape index (κ2) is 16.9. The Morgan fingerprint density at radius 2 is 1.42 bits per heavy atom. The number of nitrogens with zero attached hydrogens (tertiary/aromatic N) is 4. The summed E-state index contributed by atoms with van der Waals surface area (Å²) in [4.78, 5) is 45.6. The summed E-state index contributed by atoms with van der Waals surface area (Å²) in [5.74, 6) is -2.92. The number of fused-ring (bicyclic) bond motifs is 1. The maximum Gasteiger partial charge on any atom is 0.425 e. The summed E-state index contributed by atoms with van der Waals surface area (Å²) >= 11 is 0. The van der Waals surface area contributed by atoms with Crippen molar-refractivity contribution in [3.63, 3.8) is 0 Å². The molecule has 2 heterocycles. The van der Waals surface area contributed by atoms with Crippen LogP contribution < -0.4 is 10.2 Å². The quantitative estimate of drug-likeness (QED) is 0.169. The zero-order chi connectivity index (χ0) is 43.8. The number of rotatable bonds is 8. The van der Waals surface area contributed by atoms with Crippen molar-refractivity contribution < 1.29 is 45.8 Å². The third-order valence-corrected chi connectivity index (χ3v) is 11.0. The number of halogens is 2. The highest BCUT2D eigenvalue weighted by molar-refractivity contribution is 7.90. The number of carbonyl (C=O) groups is 3. The molecule has 1 fully saturated rings. The van der Waals surface area contributed by atoms with Gasteiger partial charge in [0.25, 0.3) is 0 Å². The predicted molar refractivity (Wildman–Crippen MR) is 220 cm³/mol. The lowest BCUT2D eigenvalue weighted by atomic mass is 9.81. The minimum absolute atomic E-state index is 0.100. The van der Waals surface area contributed by atoms with Crippen molar-refractivity contribution in [1.82, 2.24) is 20.1 Å². The first-order valence-electron chi connectivity index (χ1n) is 19.7. The third-order valence-electron chi connectivity index (χ3n) is 9.32. The van der Waals surface area contributed by atoms with Crippen LogP contribution in [0.15, 0.2) is 53.6 Å². The minimum Gasteiger partial charge on any atom is -0.444 e. The molecule has 0 aliphatic heterocycles. The van der Waals surface area contributed by atoms with Crippen molar-refractivity contribution >= 4 is 44.8 Å². The standard InChI is InChI=1S/C43H55F2N5O8S/c1-25(2)50-36-30(26-18-20-29(21-19-26)47-38(51)56-41(3,4)5)23-46-37(49(39(52)57-42(6,7)8)40(53)58-43(9,10)11)34(36)35(48-50)27-16-17-28(32(45)22-27)24-59(54,55)33-15-13-12-14-31(33)44/h12-17,22-23,25-26,29H,18-21,24H2,1-11H3,(H,47,51). The molecule has 4 aromatic rings. The highest BCUT2D eigenvalue weighted by Gasteiger charge is 2.38. The van der Waals surface area contributed by atoms with Crippen LogP contribution in [0.25, 0.3) is 22.2 Å².